The fourth-order valence-corrected chi connectivity index (χ4v) is 2.43. The maximum atomic E-state index is 11.5. The molecule has 100 valence electrons. The molecule has 0 heterocycles. The molecule has 0 spiro atoms. The Balaban J connectivity index is 2.02. The maximum absolute atomic E-state index is 11.5. The van der Waals surface area contributed by atoms with Crippen LogP contribution in [-0.4, -0.2) is 31.7 Å². The highest BCUT2D eigenvalue weighted by Gasteiger charge is 2.19. The minimum Gasteiger partial charge on any atom is -0.380 e. The first-order chi connectivity index (χ1) is 8.22. The number of rotatable bonds is 7. The molecule has 17 heavy (non-hydrogen) atoms. The van der Waals surface area contributed by atoms with E-state index in [1.165, 1.54) is 12.8 Å². The first kappa shape index (κ1) is 14.5. The third-order valence-electron chi connectivity index (χ3n) is 3.38. The molecule has 1 rings (SSSR count). The Labute approximate surface area is 104 Å². The molecule has 0 aromatic carbocycles. The Morgan fingerprint density at radius 1 is 1.47 bits per heavy atom. The van der Waals surface area contributed by atoms with Crippen molar-refractivity contribution in [1.29, 1.82) is 0 Å². The highest BCUT2D eigenvalue weighted by Crippen LogP contribution is 2.26. The summed E-state index contributed by atoms with van der Waals surface area (Å²) in [5.41, 5.74) is 5.93. The highest BCUT2D eigenvalue weighted by molar-refractivity contribution is 5.75. The Morgan fingerprint density at radius 2 is 2.29 bits per heavy atom. The summed E-state index contributed by atoms with van der Waals surface area (Å²) in [7, 11) is 0. The van der Waals surface area contributed by atoms with Gasteiger partial charge < -0.3 is 15.8 Å². The van der Waals surface area contributed by atoms with E-state index in [9.17, 15) is 4.79 Å². The Bertz CT molecular complexity index is 221. The van der Waals surface area contributed by atoms with Gasteiger partial charge in [-0.25, -0.2) is 0 Å². The highest BCUT2D eigenvalue weighted by atomic mass is 16.5. The van der Waals surface area contributed by atoms with E-state index in [0.717, 1.165) is 19.3 Å². The first-order valence-electron chi connectivity index (χ1n) is 6.82. The van der Waals surface area contributed by atoms with Gasteiger partial charge in [0.2, 0.25) is 5.91 Å². The van der Waals surface area contributed by atoms with Gasteiger partial charge in [0.25, 0.3) is 0 Å². The molecule has 0 aromatic rings. The van der Waals surface area contributed by atoms with Crippen LogP contribution in [-0.2, 0) is 9.53 Å². The third-order valence-corrected chi connectivity index (χ3v) is 3.38. The van der Waals surface area contributed by atoms with E-state index in [-0.39, 0.29) is 5.91 Å². The van der Waals surface area contributed by atoms with Crippen LogP contribution in [0.1, 0.15) is 45.4 Å². The van der Waals surface area contributed by atoms with Gasteiger partial charge in [-0.1, -0.05) is 12.8 Å². The lowest BCUT2D eigenvalue weighted by Gasteiger charge is -2.26. The van der Waals surface area contributed by atoms with Crippen LogP contribution in [0.4, 0.5) is 0 Å². The fraction of sp³-hybridized carbons (Fsp3) is 0.923. The van der Waals surface area contributed by atoms with Crippen molar-refractivity contribution in [1.82, 2.24) is 5.32 Å². The minimum atomic E-state index is 0.142. The van der Waals surface area contributed by atoms with Crippen LogP contribution in [0.3, 0.4) is 0 Å². The van der Waals surface area contributed by atoms with Gasteiger partial charge in [0.15, 0.2) is 0 Å². The lowest BCUT2D eigenvalue weighted by atomic mass is 9.83. The summed E-state index contributed by atoms with van der Waals surface area (Å²) in [4.78, 5) is 11.5. The van der Waals surface area contributed by atoms with Gasteiger partial charge in [-0.3, -0.25) is 4.79 Å². The molecular weight excluding hydrogens is 216 g/mol. The lowest BCUT2D eigenvalue weighted by molar-refractivity contribution is -0.121. The summed E-state index contributed by atoms with van der Waals surface area (Å²) in [6, 6.07) is 0.356. The molecule has 1 aliphatic carbocycles. The summed E-state index contributed by atoms with van der Waals surface area (Å²) in [6.07, 6.45) is 6.30. The summed E-state index contributed by atoms with van der Waals surface area (Å²) < 4.78 is 5.16. The number of hydrogen-bond donors (Lipinski definition) is 2. The molecule has 0 aromatic heterocycles. The van der Waals surface area contributed by atoms with Gasteiger partial charge in [-0.15, -0.1) is 0 Å². The Kier molecular flexibility index (Phi) is 7.21. The third kappa shape index (κ3) is 6.64. The predicted molar refractivity (Wildman–Crippen MR) is 68.7 cm³/mol. The smallest absolute Gasteiger partial charge is 0.220 e. The van der Waals surface area contributed by atoms with E-state index in [4.69, 9.17) is 10.5 Å². The standard InChI is InChI=1S/C13H26N2O2/c1-2-17-9-8-15-13(16)7-6-11-4-3-5-12(14)10-11/h11-12H,2-10,14H2,1H3,(H,15,16). The van der Waals surface area contributed by atoms with Crippen molar-refractivity contribution in [2.75, 3.05) is 19.8 Å². The Morgan fingerprint density at radius 3 is 3.00 bits per heavy atom. The van der Waals surface area contributed by atoms with E-state index in [1.807, 2.05) is 6.92 Å². The van der Waals surface area contributed by atoms with E-state index in [1.54, 1.807) is 0 Å². The molecule has 1 aliphatic rings. The predicted octanol–water partition coefficient (Wildman–Crippen LogP) is 1.44. The second-order valence-electron chi connectivity index (χ2n) is 4.88. The van der Waals surface area contributed by atoms with Gasteiger partial charge in [0.05, 0.1) is 6.61 Å². The van der Waals surface area contributed by atoms with Crippen LogP contribution < -0.4 is 11.1 Å². The van der Waals surface area contributed by atoms with Gasteiger partial charge >= 0.3 is 0 Å². The van der Waals surface area contributed by atoms with E-state index in [0.29, 0.717) is 38.1 Å². The van der Waals surface area contributed by atoms with E-state index in [2.05, 4.69) is 5.32 Å². The Hall–Kier alpha value is -0.610. The van der Waals surface area contributed by atoms with Crippen molar-refractivity contribution in [2.24, 2.45) is 11.7 Å². The number of nitrogens with two attached hydrogens (primary N) is 1. The number of nitrogens with one attached hydrogen (secondary N) is 1. The van der Waals surface area contributed by atoms with E-state index < -0.39 is 0 Å². The molecule has 1 saturated carbocycles. The van der Waals surface area contributed by atoms with Crippen molar-refractivity contribution in [2.45, 2.75) is 51.5 Å². The summed E-state index contributed by atoms with van der Waals surface area (Å²) >= 11 is 0. The van der Waals surface area contributed by atoms with Crippen LogP contribution in [0.15, 0.2) is 0 Å². The second kappa shape index (κ2) is 8.48. The first-order valence-corrected chi connectivity index (χ1v) is 6.82. The lowest BCUT2D eigenvalue weighted by Crippen LogP contribution is -2.30. The molecule has 4 heteroatoms. The molecule has 4 nitrogen and oxygen atoms in total. The topological polar surface area (TPSA) is 64.3 Å². The molecule has 1 amide bonds. The average molecular weight is 242 g/mol. The zero-order valence-corrected chi connectivity index (χ0v) is 10.9. The average Bonchev–Trinajstić information content (AvgIpc) is 2.32. The van der Waals surface area contributed by atoms with Crippen LogP contribution in [0.2, 0.25) is 0 Å². The number of carbonyl (C=O) groups is 1. The second-order valence-corrected chi connectivity index (χ2v) is 4.88. The quantitative estimate of drug-likeness (QED) is 0.664. The summed E-state index contributed by atoms with van der Waals surface area (Å²) in [5.74, 6) is 0.792. The van der Waals surface area contributed by atoms with Crippen LogP contribution >= 0.6 is 0 Å². The van der Waals surface area contributed by atoms with Crippen molar-refractivity contribution in [3.05, 3.63) is 0 Å². The molecule has 1 fully saturated rings. The van der Waals surface area contributed by atoms with Gasteiger partial charge in [-0.2, -0.15) is 0 Å². The normalized spacial score (nSPS) is 24.6. The van der Waals surface area contributed by atoms with Crippen LogP contribution in [0.25, 0.3) is 0 Å². The molecule has 2 unspecified atom stereocenters. The monoisotopic (exact) mass is 242 g/mol. The van der Waals surface area contributed by atoms with Gasteiger partial charge in [-0.05, 0) is 32.1 Å². The molecule has 0 saturated heterocycles. The van der Waals surface area contributed by atoms with Crippen molar-refractivity contribution >= 4 is 5.91 Å². The van der Waals surface area contributed by atoms with E-state index >= 15 is 0 Å². The maximum Gasteiger partial charge on any atom is 0.220 e. The van der Waals surface area contributed by atoms with Crippen molar-refractivity contribution in [3.63, 3.8) is 0 Å². The molecule has 3 N–H and O–H groups in total. The summed E-state index contributed by atoms with van der Waals surface area (Å²) in [6.45, 7) is 3.89. The molecule has 2 atom stereocenters. The number of hydrogen-bond acceptors (Lipinski definition) is 3. The van der Waals surface area contributed by atoms with Gasteiger partial charge in [0, 0.05) is 25.6 Å². The number of ether oxygens (including phenoxy) is 1. The summed E-state index contributed by atoms with van der Waals surface area (Å²) in [5, 5.41) is 2.87. The van der Waals surface area contributed by atoms with Crippen molar-refractivity contribution in [3.8, 4) is 0 Å². The molecule has 0 radical (unpaired) electrons. The van der Waals surface area contributed by atoms with Crippen LogP contribution in [0.5, 0.6) is 0 Å². The molecule has 0 aliphatic heterocycles. The zero-order chi connectivity index (χ0) is 12.5. The largest absolute Gasteiger partial charge is 0.380 e. The van der Waals surface area contributed by atoms with Crippen LogP contribution in [0, 0.1) is 5.92 Å². The molecular formula is C13H26N2O2. The zero-order valence-electron chi connectivity index (χ0n) is 10.9. The van der Waals surface area contributed by atoms with Gasteiger partial charge in [0.1, 0.15) is 0 Å². The minimum absolute atomic E-state index is 0.142. The number of amides is 1. The fourth-order valence-electron chi connectivity index (χ4n) is 2.43. The molecule has 0 bridgehead atoms. The SMILES string of the molecule is CCOCCNC(=O)CCC1CCCC(N)C1. The van der Waals surface area contributed by atoms with Crippen molar-refractivity contribution < 1.29 is 9.53 Å². The number of carbonyl (C=O) groups excluding carboxylic acids is 1.